The zero-order valence-corrected chi connectivity index (χ0v) is 14.9. The van der Waals surface area contributed by atoms with Gasteiger partial charge < -0.3 is 4.90 Å². The molecule has 0 unspecified atom stereocenters. The largest absolute Gasteiger partial charge is 0.303 e. The minimum atomic E-state index is 0.529. The second kappa shape index (κ2) is 9.75. The molecule has 116 valence electrons. The zero-order valence-electron chi connectivity index (χ0n) is 13.4. The first-order chi connectivity index (χ1) is 9.51. The Morgan fingerprint density at radius 2 is 1.70 bits per heavy atom. The van der Waals surface area contributed by atoms with Crippen molar-refractivity contribution < 1.29 is 0 Å². The van der Waals surface area contributed by atoms with Crippen molar-refractivity contribution >= 4 is 22.9 Å². The minimum absolute atomic E-state index is 0.529. The number of rotatable bonds is 10. The van der Waals surface area contributed by atoms with Gasteiger partial charge in [0.2, 0.25) is 0 Å². The standard InChI is InChI=1S/C16H29ClN2S/c1-13(2)5-8-19(9-6-14(3)4)10-7-16-18-15(11-17)12-20-16/h12-14H,5-11H2,1-4H3. The highest BCUT2D eigenvalue weighted by molar-refractivity contribution is 7.09. The summed E-state index contributed by atoms with van der Waals surface area (Å²) in [4.78, 5) is 7.15. The van der Waals surface area contributed by atoms with Crippen molar-refractivity contribution in [1.29, 1.82) is 0 Å². The summed E-state index contributed by atoms with van der Waals surface area (Å²) in [5.41, 5.74) is 1.02. The Bertz CT molecular complexity index is 351. The second-order valence-electron chi connectivity index (χ2n) is 6.32. The highest BCUT2D eigenvalue weighted by Crippen LogP contribution is 2.14. The first-order valence-electron chi connectivity index (χ1n) is 7.72. The number of hydrogen-bond donors (Lipinski definition) is 0. The molecule has 0 amide bonds. The molecule has 0 spiro atoms. The molecule has 0 saturated carbocycles. The summed E-state index contributed by atoms with van der Waals surface area (Å²) in [5.74, 6) is 2.08. The second-order valence-corrected chi connectivity index (χ2v) is 7.53. The first kappa shape index (κ1) is 17.9. The Morgan fingerprint density at radius 3 is 2.15 bits per heavy atom. The summed E-state index contributed by atoms with van der Waals surface area (Å²) < 4.78 is 0. The van der Waals surface area contributed by atoms with Crippen LogP contribution in [0, 0.1) is 11.8 Å². The molecule has 20 heavy (non-hydrogen) atoms. The molecule has 0 aromatic carbocycles. The van der Waals surface area contributed by atoms with E-state index < -0.39 is 0 Å². The van der Waals surface area contributed by atoms with E-state index >= 15 is 0 Å². The van der Waals surface area contributed by atoms with E-state index in [-0.39, 0.29) is 0 Å². The molecule has 0 aliphatic carbocycles. The van der Waals surface area contributed by atoms with Crippen molar-refractivity contribution in [2.75, 3.05) is 19.6 Å². The molecule has 0 N–H and O–H groups in total. The number of hydrogen-bond acceptors (Lipinski definition) is 3. The Kier molecular flexibility index (Phi) is 8.74. The lowest BCUT2D eigenvalue weighted by atomic mass is 10.1. The average molecular weight is 317 g/mol. The summed E-state index contributed by atoms with van der Waals surface area (Å²) in [6, 6.07) is 0. The van der Waals surface area contributed by atoms with Crippen LogP contribution in [0.4, 0.5) is 0 Å². The normalized spacial score (nSPS) is 12.0. The van der Waals surface area contributed by atoms with Crippen LogP contribution in [0.2, 0.25) is 0 Å². The molecule has 4 heteroatoms. The fourth-order valence-electron chi connectivity index (χ4n) is 2.00. The zero-order chi connectivity index (χ0) is 15.0. The number of halogens is 1. The molecule has 0 aliphatic rings. The molecular formula is C16H29ClN2S. The van der Waals surface area contributed by atoms with Gasteiger partial charge in [0.15, 0.2) is 0 Å². The quantitative estimate of drug-likeness (QED) is 0.575. The number of nitrogens with zero attached hydrogens (tertiary/aromatic N) is 2. The molecule has 2 nitrogen and oxygen atoms in total. The summed E-state index contributed by atoms with van der Waals surface area (Å²) in [6.45, 7) is 12.7. The Balaban J connectivity index is 2.41. The van der Waals surface area contributed by atoms with Crippen LogP contribution in [-0.4, -0.2) is 29.5 Å². The molecule has 1 heterocycles. The topological polar surface area (TPSA) is 16.1 Å². The van der Waals surface area contributed by atoms with Gasteiger partial charge in [0.25, 0.3) is 0 Å². The summed E-state index contributed by atoms with van der Waals surface area (Å²) >= 11 is 7.55. The molecule has 1 aromatic heterocycles. The minimum Gasteiger partial charge on any atom is -0.303 e. The predicted octanol–water partition coefficient (Wildman–Crippen LogP) is 4.82. The van der Waals surface area contributed by atoms with E-state index in [9.17, 15) is 0 Å². The van der Waals surface area contributed by atoms with Crippen molar-refractivity contribution in [3.8, 4) is 0 Å². The monoisotopic (exact) mass is 316 g/mol. The number of aromatic nitrogens is 1. The lowest BCUT2D eigenvalue weighted by molar-refractivity contribution is 0.246. The third-order valence-electron chi connectivity index (χ3n) is 3.42. The molecule has 0 saturated heterocycles. The fourth-order valence-corrected chi connectivity index (χ4v) is 3.01. The highest BCUT2D eigenvalue weighted by atomic mass is 35.5. The Hall–Kier alpha value is -0.120. The third kappa shape index (κ3) is 7.61. The SMILES string of the molecule is CC(C)CCN(CCc1nc(CCl)cs1)CCC(C)C. The first-order valence-corrected chi connectivity index (χ1v) is 9.14. The van der Waals surface area contributed by atoms with E-state index in [1.807, 2.05) is 0 Å². The van der Waals surface area contributed by atoms with Crippen molar-refractivity contribution in [1.82, 2.24) is 9.88 Å². The summed E-state index contributed by atoms with van der Waals surface area (Å²) in [6.07, 6.45) is 3.61. The van der Waals surface area contributed by atoms with Gasteiger partial charge in [-0.25, -0.2) is 4.98 Å². The summed E-state index contributed by atoms with van der Waals surface area (Å²) in [7, 11) is 0. The Labute approximate surface area is 133 Å². The van der Waals surface area contributed by atoms with Crippen molar-refractivity contribution in [3.63, 3.8) is 0 Å². The molecular weight excluding hydrogens is 288 g/mol. The molecule has 1 aromatic rings. The van der Waals surface area contributed by atoms with E-state index in [0.717, 1.165) is 30.5 Å². The van der Waals surface area contributed by atoms with Gasteiger partial charge in [-0.3, -0.25) is 0 Å². The van der Waals surface area contributed by atoms with Crippen LogP contribution >= 0.6 is 22.9 Å². The van der Waals surface area contributed by atoms with Gasteiger partial charge in [0.1, 0.15) is 0 Å². The van der Waals surface area contributed by atoms with Gasteiger partial charge >= 0.3 is 0 Å². The highest BCUT2D eigenvalue weighted by Gasteiger charge is 2.09. The van der Waals surface area contributed by atoms with E-state index in [1.54, 1.807) is 11.3 Å². The van der Waals surface area contributed by atoms with Gasteiger partial charge in [-0.1, -0.05) is 27.7 Å². The fraction of sp³-hybridized carbons (Fsp3) is 0.812. The van der Waals surface area contributed by atoms with Gasteiger partial charge in [0.05, 0.1) is 16.6 Å². The smallest absolute Gasteiger partial charge is 0.0941 e. The molecule has 1 rings (SSSR count). The van der Waals surface area contributed by atoms with E-state index in [2.05, 4.69) is 43.0 Å². The predicted molar refractivity (Wildman–Crippen MR) is 90.7 cm³/mol. The molecule has 0 atom stereocenters. The van der Waals surface area contributed by atoms with Gasteiger partial charge in [0, 0.05) is 18.3 Å². The van der Waals surface area contributed by atoms with Crippen LogP contribution in [0.3, 0.4) is 0 Å². The van der Waals surface area contributed by atoms with Crippen molar-refractivity contribution in [2.24, 2.45) is 11.8 Å². The van der Waals surface area contributed by atoms with Crippen LogP contribution in [0.25, 0.3) is 0 Å². The van der Waals surface area contributed by atoms with Crippen LogP contribution < -0.4 is 0 Å². The maximum absolute atomic E-state index is 5.81. The van der Waals surface area contributed by atoms with Crippen LogP contribution in [0.15, 0.2) is 5.38 Å². The maximum atomic E-state index is 5.81. The van der Waals surface area contributed by atoms with Gasteiger partial charge in [-0.2, -0.15) is 0 Å². The molecule has 0 radical (unpaired) electrons. The van der Waals surface area contributed by atoms with Crippen molar-refractivity contribution in [3.05, 3.63) is 16.1 Å². The maximum Gasteiger partial charge on any atom is 0.0941 e. The van der Waals surface area contributed by atoms with E-state index in [4.69, 9.17) is 11.6 Å². The van der Waals surface area contributed by atoms with Crippen LogP contribution in [0.5, 0.6) is 0 Å². The Morgan fingerprint density at radius 1 is 1.10 bits per heavy atom. The number of alkyl halides is 1. The van der Waals surface area contributed by atoms with Gasteiger partial charge in [-0.05, 0) is 37.8 Å². The van der Waals surface area contributed by atoms with E-state index in [1.165, 1.54) is 30.9 Å². The molecule has 0 fully saturated rings. The van der Waals surface area contributed by atoms with Crippen molar-refractivity contribution in [2.45, 2.75) is 52.8 Å². The summed E-state index contributed by atoms with van der Waals surface area (Å²) in [5, 5.41) is 3.30. The van der Waals surface area contributed by atoms with Gasteiger partial charge in [-0.15, -0.1) is 22.9 Å². The van der Waals surface area contributed by atoms with Crippen LogP contribution in [0.1, 0.15) is 51.2 Å². The average Bonchev–Trinajstić information content (AvgIpc) is 2.85. The molecule has 0 aliphatic heterocycles. The lowest BCUT2D eigenvalue weighted by Gasteiger charge is -2.23. The molecule has 0 bridgehead atoms. The third-order valence-corrected chi connectivity index (χ3v) is 4.65. The van der Waals surface area contributed by atoms with Crippen LogP contribution in [-0.2, 0) is 12.3 Å². The number of thiazole rings is 1. The lowest BCUT2D eigenvalue weighted by Crippen LogP contribution is -2.30. The van der Waals surface area contributed by atoms with E-state index in [0.29, 0.717) is 5.88 Å².